The van der Waals surface area contributed by atoms with E-state index in [1.807, 2.05) is 0 Å². The van der Waals surface area contributed by atoms with Crippen molar-refractivity contribution in [3.8, 4) is 0 Å². The second-order valence-corrected chi connectivity index (χ2v) is 6.06. The number of ketones is 1. The first-order chi connectivity index (χ1) is 8.66. The highest BCUT2D eigenvalue weighted by molar-refractivity contribution is 5.84. The van der Waals surface area contributed by atoms with Crippen molar-refractivity contribution < 1.29 is 14.3 Å². The number of hydrogen-bond donors (Lipinski definition) is 0. The van der Waals surface area contributed by atoms with Crippen LogP contribution in [0.15, 0.2) is 0 Å². The Morgan fingerprint density at radius 1 is 1.44 bits per heavy atom. The van der Waals surface area contributed by atoms with Crippen LogP contribution >= 0.6 is 0 Å². The van der Waals surface area contributed by atoms with Gasteiger partial charge in [-0.2, -0.15) is 0 Å². The third-order valence-electron chi connectivity index (χ3n) is 5.26. The number of rotatable bonds is 2. The lowest BCUT2D eigenvalue weighted by Gasteiger charge is -2.51. The molecule has 2 saturated heterocycles. The minimum atomic E-state index is -0.114. The van der Waals surface area contributed by atoms with E-state index < -0.39 is 0 Å². The van der Waals surface area contributed by atoms with Crippen molar-refractivity contribution in [2.45, 2.75) is 44.6 Å². The minimum Gasteiger partial charge on any atom is -0.469 e. The first-order valence-electron chi connectivity index (χ1n) is 7.00. The van der Waals surface area contributed by atoms with Gasteiger partial charge in [0.25, 0.3) is 0 Å². The first kappa shape index (κ1) is 12.2. The third kappa shape index (κ3) is 1.69. The highest BCUT2D eigenvalue weighted by Crippen LogP contribution is 2.52. The molecule has 4 nitrogen and oxygen atoms in total. The maximum Gasteiger partial charge on any atom is 0.306 e. The van der Waals surface area contributed by atoms with E-state index in [9.17, 15) is 9.59 Å². The van der Waals surface area contributed by atoms with Gasteiger partial charge in [0.1, 0.15) is 5.78 Å². The van der Waals surface area contributed by atoms with E-state index >= 15 is 0 Å². The van der Waals surface area contributed by atoms with Crippen molar-refractivity contribution in [1.29, 1.82) is 0 Å². The van der Waals surface area contributed by atoms with E-state index in [0.717, 1.165) is 38.8 Å². The summed E-state index contributed by atoms with van der Waals surface area (Å²) in [4.78, 5) is 26.2. The fraction of sp³-hybridized carbons (Fsp3) is 0.857. The summed E-state index contributed by atoms with van der Waals surface area (Å²) in [6.45, 7) is 2.13. The summed E-state index contributed by atoms with van der Waals surface area (Å²) in [5.41, 5.74) is 0.0143. The average Bonchev–Trinajstić information content (AvgIpc) is 2.81. The highest BCUT2D eigenvalue weighted by atomic mass is 16.5. The molecule has 1 aliphatic carbocycles. The van der Waals surface area contributed by atoms with Crippen molar-refractivity contribution >= 4 is 11.8 Å². The maximum absolute atomic E-state index is 12.1. The molecule has 2 heterocycles. The molecule has 4 heteroatoms. The summed E-state index contributed by atoms with van der Waals surface area (Å²) in [6.07, 6.45) is 5.24. The second kappa shape index (κ2) is 4.34. The molecule has 3 aliphatic rings. The van der Waals surface area contributed by atoms with E-state index in [1.54, 1.807) is 0 Å². The number of ether oxygens (including phenoxy) is 1. The van der Waals surface area contributed by atoms with Gasteiger partial charge < -0.3 is 4.74 Å². The number of Topliss-reactive ketones (excluding diaryl/α,β-unsaturated/α-hetero) is 1. The van der Waals surface area contributed by atoms with E-state index in [2.05, 4.69) is 4.90 Å². The van der Waals surface area contributed by atoms with Crippen LogP contribution in [0.25, 0.3) is 0 Å². The second-order valence-electron chi connectivity index (χ2n) is 6.06. The molecular weight excluding hydrogens is 230 g/mol. The molecule has 0 amide bonds. The molecule has 0 N–H and O–H groups in total. The Labute approximate surface area is 108 Å². The van der Waals surface area contributed by atoms with Crippen LogP contribution in [0, 0.1) is 11.3 Å². The zero-order valence-corrected chi connectivity index (χ0v) is 11.0. The predicted octanol–water partition coefficient (Wildman–Crippen LogP) is 1.38. The molecule has 0 radical (unpaired) electrons. The summed E-state index contributed by atoms with van der Waals surface area (Å²) in [5, 5.41) is 0. The Morgan fingerprint density at radius 3 is 3.06 bits per heavy atom. The molecule has 0 aromatic heterocycles. The van der Waals surface area contributed by atoms with Crippen molar-refractivity contribution in [2.24, 2.45) is 11.3 Å². The molecule has 0 aromatic rings. The van der Waals surface area contributed by atoms with Crippen LogP contribution in [-0.4, -0.2) is 42.9 Å². The van der Waals surface area contributed by atoms with E-state index in [0.29, 0.717) is 24.7 Å². The van der Waals surface area contributed by atoms with Crippen LogP contribution in [0.4, 0.5) is 0 Å². The Hall–Kier alpha value is -0.900. The van der Waals surface area contributed by atoms with Gasteiger partial charge in [-0.1, -0.05) is 0 Å². The van der Waals surface area contributed by atoms with Gasteiger partial charge in [-0.05, 0) is 44.2 Å². The molecule has 100 valence electrons. The van der Waals surface area contributed by atoms with Crippen LogP contribution in [0.3, 0.4) is 0 Å². The Bertz CT molecular complexity index is 381. The van der Waals surface area contributed by atoms with Crippen LogP contribution in [-0.2, 0) is 14.3 Å². The number of piperidine rings is 1. The molecule has 2 aliphatic heterocycles. The fourth-order valence-electron chi connectivity index (χ4n) is 4.51. The van der Waals surface area contributed by atoms with Crippen LogP contribution in [0.5, 0.6) is 0 Å². The zero-order valence-electron chi connectivity index (χ0n) is 11.0. The Kier molecular flexibility index (Phi) is 2.93. The molecule has 0 aromatic carbocycles. The van der Waals surface area contributed by atoms with Gasteiger partial charge in [0.15, 0.2) is 0 Å². The summed E-state index contributed by atoms with van der Waals surface area (Å²) in [6, 6.07) is 0.312. The van der Waals surface area contributed by atoms with Crippen molar-refractivity contribution in [3.05, 3.63) is 0 Å². The molecular formula is C14H21NO3. The first-order valence-corrected chi connectivity index (χ1v) is 7.00. The molecule has 3 fully saturated rings. The van der Waals surface area contributed by atoms with Crippen LogP contribution in [0.2, 0.25) is 0 Å². The van der Waals surface area contributed by atoms with E-state index in [4.69, 9.17) is 4.74 Å². The smallest absolute Gasteiger partial charge is 0.306 e. The quantitative estimate of drug-likeness (QED) is 0.696. The highest BCUT2D eigenvalue weighted by Gasteiger charge is 2.56. The number of nitrogens with zero attached hydrogens (tertiary/aromatic N) is 1. The summed E-state index contributed by atoms with van der Waals surface area (Å²) >= 11 is 0. The zero-order chi connectivity index (χ0) is 12.8. The monoisotopic (exact) mass is 251 g/mol. The molecule has 1 unspecified atom stereocenters. The molecule has 1 saturated carbocycles. The normalized spacial score (nSPS) is 39.5. The average molecular weight is 251 g/mol. The molecule has 0 spiro atoms. The SMILES string of the molecule is COC(=O)C[C@@]12CCCN3CCC(C(=O)CC1)[C@H]32. The van der Waals surface area contributed by atoms with Crippen molar-refractivity contribution in [2.75, 3.05) is 20.2 Å². The molecule has 0 bridgehead atoms. The van der Waals surface area contributed by atoms with Gasteiger partial charge in [0.2, 0.25) is 0 Å². The summed E-state index contributed by atoms with van der Waals surface area (Å²) in [7, 11) is 1.46. The standard InChI is InChI=1S/C14H21NO3/c1-18-12(17)9-14-5-2-7-15-8-4-10(13(14)15)11(16)3-6-14/h10,13H,2-9H2,1H3/t10?,13-,14+/m0/s1. The number of carbonyl (C=O) groups is 2. The Morgan fingerprint density at radius 2 is 2.28 bits per heavy atom. The van der Waals surface area contributed by atoms with Gasteiger partial charge in [-0.3, -0.25) is 14.5 Å². The Balaban J connectivity index is 1.90. The number of carbonyl (C=O) groups excluding carboxylic acids is 2. The van der Waals surface area contributed by atoms with E-state index in [1.165, 1.54) is 7.11 Å². The number of esters is 1. The van der Waals surface area contributed by atoms with Gasteiger partial charge >= 0.3 is 5.97 Å². The lowest BCUT2D eigenvalue weighted by Crippen LogP contribution is -2.56. The van der Waals surface area contributed by atoms with Crippen LogP contribution in [0.1, 0.15) is 38.5 Å². The number of methoxy groups -OCH3 is 1. The number of hydrogen-bond acceptors (Lipinski definition) is 4. The summed E-state index contributed by atoms with van der Waals surface area (Å²) in [5.74, 6) is 0.491. The van der Waals surface area contributed by atoms with Crippen LogP contribution < -0.4 is 0 Å². The maximum atomic E-state index is 12.1. The third-order valence-corrected chi connectivity index (χ3v) is 5.26. The molecule has 3 atom stereocenters. The van der Waals surface area contributed by atoms with Gasteiger partial charge in [-0.15, -0.1) is 0 Å². The lowest BCUT2D eigenvalue weighted by atomic mass is 9.60. The van der Waals surface area contributed by atoms with Gasteiger partial charge in [-0.25, -0.2) is 0 Å². The molecule has 3 rings (SSSR count). The van der Waals surface area contributed by atoms with Gasteiger partial charge in [0, 0.05) is 18.4 Å². The van der Waals surface area contributed by atoms with Gasteiger partial charge in [0.05, 0.1) is 13.5 Å². The van der Waals surface area contributed by atoms with Crippen molar-refractivity contribution in [3.63, 3.8) is 0 Å². The van der Waals surface area contributed by atoms with Crippen molar-refractivity contribution in [1.82, 2.24) is 4.90 Å². The fourth-order valence-corrected chi connectivity index (χ4v) is 4.51. The lowest BCUT2D eigenvalue weighted by molar-refractivity contribution is -0.150. The minimum absolute atomic E-state index is 0.0143. The largest absolute Gasteiger partial charge is 0.469 e. The van der Waals surface area contributed by atoms with E-state index in [-0.39, 0.29) is 17.3 Å². The molecule has 18 heavy (non-hydrogen) atoms. The topological polar surface area (TPSA) is 46.6 Å². The predicted molar refractivity (Wildman–Crippen MR) is 66.0 cm³/mol. The summed E-state index contributed by atoms with van der Waals surface area (Å²) < 4.78 is 4.87.